The second-order valence-corrected chi connectivity index (χ2v) is 22.8. The molecule has 73 heavy (non-hydrogen) atoms. The Balaban J connectivity index is 3.40. The van der Waals surface area contributed by atoms with Crippen LogP contribution in [0.25, 0.3) is 0 Å². The van der Waals surface area contributed by atoms with Crippen molar-refractivity contribution in [1.29, 1.82) is 0 Å². The Bertz CT molecular complexity index is 1140. The monoisotopic (exact) mass is 1030 g/mol. The molecule has 6 heteroatoms. The van der Waals surface area contributed by atoms with E-state index in [1.807, 2.05) is 0 Å². The summed E-state index contributed by atoms with van der Waals surface area (Å²) >= 11 is 0. The number of esters is 1. The lowest BCUT2D eigenvalue weighted by molar-refractivity contribution is -0.143. The van der Waals surface area contributed by atoms with Gasteiger partial charge in [0.15, 0.2) is 0 Å². The minimum atomic E-state index is -0.668. The van der Waals surface area contributed by atoms with Crippen LogP contribution in [0.5, 0.6) is 0 Å². The van der Waals surface area contributed by atoms with Crippen molar-refractivity contribution in [2.75, 3.05) is 13.2 Å². The van der Waals surface area contributed by atoms with Gasteiger partial charge in [0.2, 0.25) is 5.91 Å². The Morgan fingerprint density at radius 3 is 1.07 bits per heavy atom. The molecular formula is C67H129NO5. The number of hydrogen-bond acceptors (Lipinski definition) is 5. The SMILES string of the molecule is CCCCC/C=C\C/C=C\CCCCCCCCCC(=O)OCCCCCCCCCCCCCCCCCCCCC(=O)NC(CO)C(O)CCCCCCCCCCCCCCCCCCCCCCC. The van der Waals surface area contributed by atoms with Gasteiger partial charge in [-0.1, -0.05) is 321 Å². The number of carbonyl (C=O) groups excluding carboxylic acids is 2. The minimum absolute atomic E-state index is 0.000541. The Morgan fingerprint density at radius 1 is 0.384 bits per heavy atom. The molecule has 0 bridgehead atoms. The van der Waals surface area contributed by atoms with E-state index < -0.39 is 12.1 Å². The van der Waals surface area contributed by atoms with E-state index in [2.05, 4.69) is 43.5 Å². The maximum atomic E-state index is 12.5. The number of rotatable bonds is 62. The summed E-state index contributed by atoms with van der Waals surface area (Å²) < 4.78 is 5.49. The minimum Gasteiger partial charge on any atom is -0.466 e. The molecule has 0 aliphatic rings. The van der Waals surface area contributed by atoms with Crippen molar-refractivity contribution in [3.63, 3.8) is 0 Å². The molecule has 2 unspecified atom stereocenters. The fourth-order valence-corrected chi connectivity index (χ4v) is 10.4. The molecule has 0 spiro atoms. The maximum absolute atomic E-state index is 12.5. The average Bonchev–Trinajstić information content (AvgIpc) is 3.39. The summed E-state index contributed by atoms with van der Waals surface area (Å²) in [4.78, 5) is 24.6. The highest BCUT2D eigenvalue weighted by molar-refractivity contribution is 5.76. The first-order chi connectivity index (χ1) is 36.0. The van der Waals surface area contributed by atoms with Gasteiger partial charge in [-0.2, -0.15) is 0 Å². The second-order valence-electron chi connectivity index (χ2n) is 22.8. The summed E-state index contributed by atoms with van der Waals surface area (Å²) in [6.45, 7) is 4.95. The number of unbranched alkanes of at least 4 members (excludes halogenated alkanes) is 47. The van der Waals surface area contributed by atoms with Gasteiger partial charge in [0.25, 0.3) is 0 Å². The molecule has 0 aromatic carbocycles. The quantitative estimate of drug-likeness (QED) is 0.0320. The van der Waals surface area contributed by atoms with Crippen molar-refractivity contribution in [2.45, 2.75) is 379 Å². The zero-order chi connectivity index (χ0) is 52.9. The third-order valence-electron chi connectivity index (χ3n) is 15.5. The molecule has 0 aromatic heterocycles. The van der Waals surface area contributed by atoms with Crippen molar-refractivity contribution < 1.29 is 24.5 Å². The molecule has 0 aliphatic heterocycles. The van der Waals surface area contributed by atoms with E-state index in [0.29, 0.717) is 25.9 Å². The molecule has 0 aliphatic carbocycles. The molecule has 0 aromatic rings. The van der Waals surface area contributed by atoms with Crippen molar-refractivity contribution >= 4 is 11.9 Å². The summed E-state index contributed by atoms with van der Waals surface area (Å²) in [5.74, 6) is -0.0348. The topological polar surface area (TPSA) is 95.9 Å². The summed E-state index contributed by atoms with van der Waals surface area (Å²) in [6, 6.07) is -0.546. The number of ether oxygens (including phenoxy) is 1. The molecule has 6 nitrogen and oxygen atoms in total. The highest BCUT2D eigenvalue weighted by atomic mass is 16.5. The van der Waals surface area contributed by atoms with Crippen LogP contribution in [0.4, 0.5) is 0 Å². The van der Waals surface area contributed by atoms with Gasteiger partial charge in [-0.25, -0.2) is 0 Å². The van der Waals surface area contributed by atoms with E-state index in [4.69, 9.17) is 4.74 Å². The zero-order valence-electron chi connectivity index (χ0n) is 49.4. The molecule has 3 N–H and O–H groups in total. The number of carbonyl (C=O) groups is 2. The second kappa shape index (κ2) is 62.9. The van der Waals surface area contributed by atoms with Crippen LogP contribution >= 0.6 is 0 Å². The predicted octanol–water partition coefficient (Wildman–Crippen LogP) is 21.0. The molecule has 0 radical (unpaired) electrons. The first-order valence-electron chi connectivity index (χ1n) is 33.1. The summed E-state index contributed by atoms with van der Waals surface area (Å²) in [6.07, 6.45) is 77.6. The Hall–Kier alpha value is -1.66. The van der Waals surface area contributed by atoms with E-state index in [9.17, 15) is 19.8 Å². The number of aliphatic hydroxyl groups is 2. The van der Waals surface area contributed by atoms with Gasteiger partial charge < -0.3 is 20.3 Å². The fourth-order valence-electron chi connectivity index (χ4n) is 10.4. The van der Waals surface area contributed by atoms with Crippen molar-refractivity contribution in [1.82, 2.24) is 5.32 Å². The number of nitrogens with one attached hydrogen (secondary N) is 1. The van der Waals surface area contributed by atoms with Crippen molar-refractivity contribution in [3.05, 3.63) is 24.3 Å². The highest BCUT2D eigenvalue weighted by Gasteiger charge is 2.20. The molecule has 0 heterocycles. The summed E-state index contributed by atoms with van der Waals surface area (Å²) in [5.41, 5.74) is 0. The fraction of sp³-hybridized carbons (Fsp3) is 0.910. The molecule has 0 saturated carbocycles. The predicted molar refractivity (Wildman–Crippen MR) is 320 cm³/mol. The van der Waals surface area contributed by atoms with Crippen molar-refractivity contribution in [3.8, 4) is 0 Å². The Kier molecular flexibility index (Phi) is 61.4. The molecule has 432 valence electrons. The van der Waals surface area contributed by atoms with Gasteiger partial charge in [0, 0.05) is 12.8 Å². The lowest BCUT2D eigenvalue weighted by atomic mass is 10.0. The van der Waals surface area contributed by atoms with E-state index in [0.717, 1.165) is 51.4 Å². The average molecular weight is 1030 g/mol. The van der Waals surface area contributed by atoms with Gasteiger partial charge >= 0.3 is 5.97 Å². The first-order valence-corrected chi connectivity index (χ1v) is 33.1. The van der Waals surface area contributed by atoms with Crippen LogP contribution < -0.4 is 5.32 Å². The van der Waals surface area contributed by atoms with Crippen LogP contribution in [-0.4, -0.2) is 47.4 Å². The molecule has 0 fully saturated rings. The molecule has 2 atom stereocenters. The van der Waals surface area contributed by atoms with E-state index in [-0.39, 0.29) is 18.5 Å². The van der Waals surface area contributed by atoms with E-state index in [1.54, 1.807) is 0 Å². The van der Waals surface area contributed by atoms with Gasteiger partial charge in [0.05, 0.1) is 25.4 Å². The normalized spacial score (nSPS) is 12.7. The van der Waals surface area contributed by atoms with Gasteiger partial charge in [-0.05, 0) is 57.8 Å². The highest BCUT2D eigenvalue weighted by Crippen LogP contribution is 2.18. The lowest BCUT2D eigenvalue weighted by Crippen LogP contribution is -2.45. The van der Waals surface area contributed by atoms with Crippen LogP contribution in [0.1, 0.15) is 367 Å². The van der Waals surface area contributed by atoms with Gasteiger partial charge in [-0.15, -0.1) is 0 Å². The number of allylic oxidation sites excluding steroid dienone is 4. The lowest BCUT2D eigenvalue weighted by Gasteiger charge is -2.22. The zero-order valence-corrected chi connectivity index (χ0v) is 49.4. The number of hydrogen-bond donors (Lipinski definition) is 3. The Labute approximate surface area is 456 Å². The molecular weight excluding hydrogens is 899 g/mol. The Morgan fingerprint density at radius 2 is 0.685 bits per heavy atom. The summed E-state index contributed by atoms with van der Waals surface area (Å²) in [5, 5.41) is 23.4. The van der Waals surface area contributed by atoms with Crippen LogP contribution in [-0.2, 0) is 14.3 Å². The van der Waals surface area contributed by atoms with E-state index >= 15 is 0 Å². The molecule has 1 amide bonds. The molecule has 0 rings (SSSR count). The smallest absolute Gasteiger partial charge is 0.305 e. The van der Waals surface area contributed by atoms with Crippen molar-refractivity contribution in [2.24, 2.45) is 0 Å². The van der Waals surface area contributed by atoms with Crippen LogP contribution in [0, 0.1) is 0 Å². The maximum Gasteiger partial charge on any atom is 0.305 e. The van der Waals surface area contributed by atoms with Crippen LogP contribution in [0.3, 0.4) is 0 Å². The largest absolute Gasteiger partial charge is 0.466 e. The standard InChI is InChI=1S/C67H129NO5/c1-3-5-7-9-11-13-15-17-19-21-22-23-24-28-31-35-39-43-47-51-55-59-65(70)64(63-69)68-66(71)60-56-52-48-44-40-36-32-29-25-26-30-34-38-42-46-50-54-58-62-73-67(72)61-57-53-49-45-41-37-33-27-20-18-16-14-12-10-8-6-4-2/h12,14,18,20,64-65,69-70H,3-11,13,15-17,19,21-63H2,1-2H3,(H,68,71)/b14-12-,20-18-. The van der Waals surface area contributed by atoms with Gasteiger partial charge in [0.1, 0.15) is 0 Å². The molecule has 0 saturated heterocycles. The summed E-state index contributed by atoms with van der Waals surface area (Å²) in [7, 11) is 0. The van der Waals surface area contributed by atoms with E-state index in [1.165, 1.54) is 283 Å². The first kappa shape index (κ1) is 71.3. The van der Waals surface area contributed by atoms with Gasteiger partial charge in [-0.3, -0.25) is 9.59 Å². The third-order valence-corrected chi connectivity index (χ3v) is 15.5. The number of amides is 1. The van der Waals surface area contributed by atoms with Crippen LogP contribution in [0.2, 0.25) is 0 Å². The number of aliphatic hydroxyl groups excluding tert-OH is 2. The van der Waals surface area contributed by atoms with Crippen LogP contribution in [0.15, 0.2) is 24.3 Å². The third kappa shape index (κ3) is 59.4.